The number of hydrogen-bond acceptors (Lipinski definition) is 4. The lowest BCUT2D eigenvalue weighted by Crippen LogP contribution is -2.60. The zero-order valence-electron chi connectivity index (χ0n) is 12.6. The van der Waals surface area contributed by atoms with Crippen LogP contribution in [0.15, 0.2) is 35.1 Å². The summed E-state index contributed by atoms with van der Waals surface area (Å²) in [4.78, 5) is 24.2. The monoisotopic (exact) mass is 302 g/mol. The summed E-state index contributed by atoms with van der Waals surface area (Å²) in [5, 5.41) is 7.05. The number of benzene rings is 1. The Morgan fingerprint density at radius 3 is 2.55 bits per heavy atom. The normalized spacial score (nSPS) is 16.1. The molecule has 2 heterocycles. The zero-order valence-corrected chi connectivity index (χ0v) is 12.6. The van der Waals surface area contributed by atoms with Crippen LogP contribution in [0.3, 0.4) is 0 Å². The lowest BCUT2D eigenvalue weighted by Gasteiger charge is -2.42. The van der Waals surface area contributed by atoms with Gasteiger partial charge >= 0.3 is 5.69 Å². The summed E-state index contributed by atoms with van der Waals surface area (Å²) in [6.07, 6.45) is 0. The van der Waals surface area contributed by atoms with Gasteiger partial charge in [-0.25, -0.2) is 9.48 Å². The fraction of sp³-hybridized carbons (Fsp3) is 0.400. The third-order valence-electron chi connectivity index (χ3n) is 3.95. The largest absolute Gasteiger partial charge is 0.376 e. The van der Waals surface area contributed by atoms with Crippen molar-refractivity contribution in [2.45, 2.75) is 19.0 Å². The van der Waals surface area contributed by atoms with Crippen LogP contribution >= 0.6 is 0 Å². The Labute approximate surface area is 127 Å². The zero-order chi connectivity index (χ0) is 15.7. The summed E-state index contributed by atoms with van der Waals surface area (Å²) in [6.45, 7) is 2.48. The van der Waals surface area contributed by atoms with E-state index in [1.165, 1.54) is 9.25 Å². The summed E-state index contributed by atoms with van der Waals surface area (Å²) in [6, 6.07) is 9.69. The molecule has 0 saturated carbocycles. The molecule has 2 aromatic rings. The standard InChI is InChI=1S/C15H18N4O3/c1-11-17-19(14(21)18(11)2)8-13(20)16-15(9-22-10-15)12-6-4-3-5-7-12/h3-7H,8-10H2,1-2H3,(H,16,20). The lowest BCUT2D eigenvalue weighted by atomic mass is 9.88. The average Bonchev–Trinajstić information content (AvgIpc) is 2.71. The Balaban J connectivity index is 1.76. The Hall–Kier alpha value is -2.41. The van der Waals surface area contributed by atoms with Crippen molar-refractivity contribution in [2.75, 3.05) is 13.2 Å². The highest BCUT2D eigenvalue weighted by molar-refractivity contribution is 5.77. The Kier molecular flexibility index (Phi) is 3.58. The number of nitrogens with one attached hydrogen (secondary N) is 1. The second-order valence-electron chi connectivity index (χ2n) is 5.54. The number of carbonyl (C=O) groups is 1. The smallest absolute Gasteiger partial charge is 0.346 e. The molecule has 1 amide bonds. The molecule has 0 bridgehead atoms. The first-order valence-electron chi connectivity index (χ1n) is 7.06. The average molecular weight is 302 g/mol. The molecule has 0 unspecified atom stereocenters. The molecule has 0 atom stereocenters. The van der Waals surface area contributed by atoms with E-state index in [1.807, 2.05) is 30.3 Å². The predicted molar refractivity (Wildman–Crippen MR) is 79.3 cm³/mol. The van der Waals surface area contributed by atoms with Crippen LogP contribution in [0.1, 0.15) is 11.4 Å². The molecular formula is C15H18N4O3. The lowest BCUT2D eigenvalue weighted by molar-refractivity contribution is -0.134. The van der Waals surface area contributed by atoms with Crippen molar-refractivity contribution in [3.8, 4) is 0 Å². The highest BCUT2D eigenvalue weighted by Gasteiger charge is 2.41. The van der Waals surface area contributed by atoms with E-state index in [0.29, 0.717) is 19.0 Å². The number of rotatable bonds is 4. The molecule has 0 spiro atoms. The van der Waals surface area contributed by atoms with Gasteiger partial charge in [0, 0.05) is 7.05 Å². The van der Waals surface area contributed by atoms with Gasteiger partial charge in [-0.2, -0.15) is 5.10 Å². The van der Waals surface area contributed by atoms with Crippen LogP contribution in [-0.4, -0.2) is 33.5 Å². The number of ether oxygens (including phenoxy) is 1. The highest BCUT2D eigenvalue weighted by Crippen LogP contribution is 2.29. The van der Waals surface area contributed by atoms with Crippen molar-refractivity contribution in [3.05, 3.63) is 52.2 Å². The van der Waals surface area contributed by atoms with Crippen molar-refractivity contribution in [1.29, 1.82) is 0 Å². The molecule has 1 saturated heterocycles. The van der Waals surface area contributed by atoms with Gasteiger partial charge in [-0.3, -0.25) is 9.36 Å². The van der Waals surface area contributed by atoms with E-state index < -0.39 is 5.54 Å². The molecule has 1 fully saturated rings. The van der Waals surface area contributed by atoms with Crippen molar-refractivity contribution in [3.63, 3.8) is 0 Å². The van der Waals surface area contributed by atoms with Gasteiger partial charge in [0.05, 0.1) is 13.2 Å². The number of carbonyl (C=O) groups excluding carboxylic acids is 1. The molecule has 7 nitrogen and oxygen atoms in total. The van der Waals surface area contributed by atoms with E-state index in [4.69, 9.17) is 4.74 Å². The van der Waals surface area contributed by atoms with Gasteiger partial charge in [0.1, 0.15) is 17.9 Å². The van der Waals surface area contributed by atoms with E-state index in [9.17, 15) is 9.59 Å². The van der Waals surface area contributed by atoms with Gasteiger partial charge in [-0.15, -0.1) is 0 Å². The Bertz CT molecular complexity index is 744. The SMILES string of the molecule is Cc1nn(CC(=O)NC2(c3ccccc3)COC2)c(=O)n1C. The second-order valence-corrected chi connectivity index (χ2v) is 5.54. The van der Waals surface area contributed by atoms with Crippen LogP contribution in [0.25, 0.3) is 0 Å². The first-order valence-corrected chi connectivity index (χ1v) is 7.06. The first kappa shape index (κ1) is 14.5. The quantitative estimate of drug-likeness (QED) is 0.858. The van der Waals surface area contributed by atoms with Crippen LogP contribution < -0.4 is 11.0 Å². The van der Waals surface area contributed by atoms with Crippen LogP contribution in [-0.2, 0) is 28.7 Å². The third-order valence-corrected chi connectivity index (χ3v) is 3.95. The van der Waals surface area contributed by atoms with Crippen LogP contribution in [0, 0.1) is 6.92 Å². The number of hydrogen-bond donors (Lipinski definition) is 1. The maximum Gasteiger partial charge on any atom is 0.346 e. The van der Waals surface area contributed by atoms with Gasteiger partial charge in [0.25, 0.3) is 0 Å². The Morgan fingerprint density at radius 1 is 1.36 bits per heavy atom. The minimum Gasteiger partial charge on any atom is -0.376 e. The fourth-order valence-electron chi connectivity index (χ4n) is 2.52. The maximum atomic E-state index is 12.3. The summed E-state index contributed by atoms with van der Waals surface area (Å²) >= 11 is 0. The van der Waals surface area contributed by atoms with E-state index in [1.54, 1.807) is 14.0 Å². The number of nitrogens with zero attached hydrogens (tertiary/aromatic N) is 3. The van der Waals surface area contributed by atoms with Gasteiger partial charge in [-0.05, 0) is 12.5 Å². The van der Waals surface area contributed by atoms with Gasteiger partial charge in [0.15, 0.2) is 0 Å². The molecule has 1 aliphatic rings. The van der Waals surface area contributed by atoms with E-state index in [0.717, 1.165) is 5.56 Å². The highest BCUT2D eigenvalue weighted by atomic mass is 16.5. The second kappa shape index (κ2) is 5.42. The summed E-state index contributed by atoms with van der Waals surface area (Å²) in [5.41, 5.74) is 0.191. The molecule has 116 valence electrons. The first-order chi connectivity index (χ1) is 10.5. The van der Waals surface area contributed by atoms with Crippen molar-refractivity contribution in [2.24, 2.45) is 7.05 Å². The van der Waals surface area contributed by atoms with Gasteiger partial charge in [-0.1, -0.05) is 30.3 Å². The minimum atomic E-state index is -0.508. The predicted octanol–water partition coefficient (Wildman–Crippen LogP) is -0.0679. The molecule has 0 aliphatic carbocycles. The summed E-state index contributed by atoms with van der Waals surface area (Å²) < 4.78 is 7.87. The third kappa shape index (κ3) is 2.43. The van der Waals surface area contributed by atoms with Crippen molar-refractivity contribution < 1.29 is 9.53 Å². The molecular weight excluding hydrogens is 284 g/mol. The van der Waals surface area contributed by atoms with Crippen molar-refractivity contribution in [1.82, 2.24) is 19.7 Å². The van der Waals surface area contributed by atoms with Gasteiger partial charge in [0.2, 0.25) is 5.91 Å². The van der Waals surface area contributed by atoms with Crippen LogP contribution in [0.5, 0.6) is 0 Å². The molecule has 7 heteroatoms. The topological polar surface area (TPSA) is 78.2 Å². The maximum absolute atomic E-state index is 12.3. The van der Waals surface area contributed by atoms with Gasteiger partial charge < -0.3 is 10.1 Å². The number of amides is 1. The molecule has 3 rings (SSSR count). The van der Waals surface area contributed by atoms with E-state index >= 15 is 0 Å². The van der Waals surface area contributed by atoms with E-state index in [-0.39, 0.29) is 18.1 Å². The number of aryl methyl sites for hydroxylation is 1. The van der Waals surface area contributed by atoms with E-state index in [2.05, 4.69) is 10.4 Å². The molecule has 1 aliphatic heterocycles. The summed E-state index contributed by atoms with van der Waals surface area (Å²) in [5.74, 6) is 0.315. The van der Waals surface area contributed by atoms with Crippen LogP contribution in [0.4, 0.5) is 0 Å². The number of aromatic nitrogens is 3. The molecule has 1 N–H and O–H groups in total. The minimum absolute atomic E-state index is 0.102. The Morgan fingerprint density at radius 2 is 2.05 bits per heavy atom. The fourth-order valence-corrected chi connectivity index (χ4v) is 2.52. The van der Waals surface area contributed by atoms with Crippen LogP contribution in [0.2, 0.25) is 0 Å². The molecule has 1 aromatic carbocycles. The summed E-state index contributed by atoms with van der Waals surface area (Å²) in [7, 11) is 1.63. The molecule has 1 aromatic heterocycles. The molecule has 22 heavy (non-hydrogen) atoms. The van der Waals surface area contributed by atoms with Crippen molar-refractivity contribution >= 4 is 5.91 Å². The molecule has 0 radical (unpaired) electrons.